The molecule has 1 heterocycles. The summed E-state index contributed by atoms with van der Waals surface area (Å²) in [4.78, 5) is 24.5. The number of likely N-dealkylation sites (N-methyl/N-ethyl adjacent to an activating group) is 1. The van der Waals surface area contributed by atoms with Gasteiger partial charge >= 0.3 is 0 Å². The first-order chi connectivity index (χ1) is 12.9. The zero-order valence-corrected chi connectivity index (χ0v) is 16.0. The van der Waals surface area contributed by atoms with Crippen molar-refractivity contribution in [3.8, 4) is 5.75 Å². The SMILES string of the molecule is CCN(CC)CCNC(=O)c1ccc(COc2ccc([N+](=O)[O-])cc2Cl)o1. The lowest BCUT2D eigenvalue weighted by atomic mass is 10.3. The third-order valence-corrected chi connectivity index (χ3v) is 4.29. The molecule has 0 fully saturated rings. The van der Waals surface area contributed by atoms with Crippen LogP contribution < -0.4 is 10.1 Å². The number of benzene rings is 1. The van der Waals surface area contributed by atoms with Crippen LogP contribution in [-0.4, -0.2) is 41.9 Å². The van der Waals surface area contributed by atoms with E-state index in [1.807, 2.05) is 0 Å². The highest BCUT2D eigenvalue weighted by atomic mass is 35.5. The number of halogens is 1. The highest BCUT2D eigenvalue weighted by Crippen LogP contribution is 2.29. The Bertz CT molecular complexity index is 789. The summed E-state index contributed by atoms with van der Waals surface area (Å²) in [6.07, 6.45) is 0. The summed E-state index contributed by atoms with van der Waals surface area (Å²) in [6, 6.07) is 7.15. The summed E-state index contributed by atoms with van der Waals surface area (Å²) in [5, 5.41) is 13.6. The van der Waals surface area contributed by atoms with Crippen molar-refractivity contribution >= 4 is 23.2 Å². The Kier molecular flexibility index (Phi) is 7.63. The van der Waals surface area contributed by atoms with Gasteiger partial charge in [0.05, 0.1) is 9.95 Å². The van der Waals surface area contributed by atoms with Crippen molar-refractivity contribution < 1.29 is 18.9 Å². The Morgan fingerprint density at radius 1 is 1.30 bits per heavy atom. The van der Waals surface area contributed by atoms with Gasteiger partial charge in [0.25, 0.3) is 11.6 Å². The molecule has 1 aromatic carbocycles. The van der Waals surface area contributed by atoms with E-state index in [-0.39, 0.29) is 29.0 Å². The zero-order chi connectivity index (χ0) is 19.8. The fraction of sp³-hybridized carbons (Fsp3) is 0.389. The molecular weight excluding hydrogens is 374 g/mol. The van der Waals surface area contributed by atoms with Crippen LogP contribution in [0.15, 0.2) is 34.7 Å². The number of rotatable bonds is 10. The largest absolute Gasteiger partial charge is 0.484 e. The second-order valence-corrected chi connectivity index (χ2v) is 6.12. The predicted molar refractivity (Wildman–Crippen MR) is 101 cm³/mol. The normalized spacial score (nSPS) is 10.8. The van der Waals surface area contributed by atoms with Gasteiger partial charge in [-0.15, -0.1) is 0 Å². The van der Waals surface area contributed by atoms with Gasteiger partial charge in [-0.3, -0.25) is 14.9 Å². The number of nitrogens with one attached hydrogen (secondary N) is 1. The van der Waals surface area contributed by atoms with Crippen LogP contribution in [0.4, 0.5) is 5.69 Å². The lowest BCUT2D eigenvalue weighted by Crippen LogP contribution is -2.34. The van der Waals surface area contributed by atoms with Crippen LogP contribution in [-0.2, 0) is 6.61 Å². The predicted octanol–water partition coefficient (Wildman–Crippen LogP) is 3.49. The summed E-state index contributed by atoms with van der Waals surface area (Å²) in [5.74, 6) is 0.645. The quantitative estimate of drug-likeness (QED) is 0.488. The second kappa shape index (κ2) is 9.94. The number of nitro benzene ring substituents is 1. The molecule has 2 rings (SSSR count). The molecule has 1 aromatic heterocycles. The number of nitrogens with zero attached hydrogens (tertiary/aromatic N) is 2. The highest BCUT2D eigenvalue weighted by Gasteiger charge is 2.13. The lowest BCUT2D eigenvalue weighted by Gasteiger charge is -2.17. The van der Waals surface area contributed by atoms with Gasteiger partial charge in [-0.2, -0.15) is 0 Å². The smallest absolute Gasteiger partial charge is 0.287 e. The molecule has 9 heteroatoms. The number of carbonyl (C=O) groups is 1. The van der Waals surface area contributed by atoms with E-state index in [1.54, 1.807) is 12.1 Å². The Morgan fingerprint density at radius 2 is 2.04 bits per heavy atom. The summed E-state index contributed by atoms with van der Waals surface area (Å²) in [5.41, 5.74) is -0.117. The number of non-ortho nitro benzene ring substituents is 1. The molecule has 0 unspecified atom stereocenters. The Balaban J connectivity index is 1.87. The number of ether oxygens (including phenoxy) is 1. The number of amides is 1. The van der Waals surface area contributed by atoms with E-state index in [4.69, 9.17) is 20.8 Å². The third-order valence-electron chi connectivity index (χ3n) is 3.99. The summed E-state index contributed by atoms with van der Waals surface area (Å²) in [6.45, 7) is 7.35. The van der Waals surface area contributed by atoms with Gasteiger partial charge in [0.1, 0.15) is 18.1 Å². The molecule has 0 spiro atoms. The number of carbonyl (C=O) groups excluding carboxylic acids is 1. The average molecular weight is 396 g/mol. The molecule has 0 saturated carbocycles. The average Bonchev–Trinajstić information content (AvgIpc) is 3.13. The van der Waals surface area contributed by atoms with Gasteiger partial charge < -0.3 is 19.4 Å². The van der Waals surface area contributed by atoms with Crippen LogP contribution in [0.2, 0.25) is 5.02 Å². The lowest BCUT2D eigenvalue weighted by molar-refractivity contribution is -0.384. The first kappa shape index (κ1) is 20.7. The molecule has 0 bridgehead atoms. The number of hydrogen-bond donors (Lipinski definition) is 1. The number of nitro groups is 1. The monoisotopic (exact) mass is 395 g/mol. The molecule has 0 aliphatic rings. The minimum atomic E-state index is -0.534. The molecule has 0 radical (unpaired) electrons. The van der Waals surface area contributed by atoms with Crippen LogP contribution in [0, 0.1) is 10.1 Å². The maximum atomic E-state index is 12.1. The summed E-state index contributed by atoms with van der Waals surface area (Å²) < 4.78 is 11.0. The van der Waals surface area contributed by atoms with E-state index in [9.17, 15) is 14.9 Å². The van der Waals surface area contributed by atoms with E-state index in [0.29, 0.717) is 18.1 Å². The molecule has 27 heavy (non-hydrogen) atoms. The standard InChI is InChI=1S/C18H22ClN3O5/c1-3-21(4-2)10-9-20-18(23)17-8-6-14(27-17)12-26-16-7-5-13(22(24)25)11-15(16)19/h5-8,11H,3-4,9-10,12H2,1-2H3,(H,20,23). The van der Waals surface area contributed by atoms with Crippen LogP contribution in [0.1, 0.15) is 30.2 Å². The van der Waals surface area contributed by atoms with Crippen LogP contribution in [0.3, 0.4) is 0 Å². The van der Waals surface area contributed by atoms with Crippen LogP contribution in [0.5, 0.6) is 5.75 Å². The van der Waals surface area contributed by atoms with E-state index < -0.39 is 4.92 Å². The van der Waals surface area contributed by atoms with Gasteiger partial charge in [0.2, 0.25) is 0 Å². The number of furan rings is 1. The molecule has 146 valence electrons. The fourth-order valence-electron chi connectivity index (χ4n) is 2.40. The third kappa shape index (κ3) is 5.97. The van der Waals surface area contributed by atoms with Gasteiger partial charge in [-0.05, 0) is 31.3 Å². The van der Waals surface area contributed by atoms with E-state index in [1.165, 1.54) is 18.2 Å². The van der Waals surface area contributed by atoms with Crippen molar-refractivity contribution in [2.24, 2.45) is 0 Å². The first-order valence-electron chi connectivity index (χ1n) is 8.60. The van der Waals surface area contributed by atoms with Crippen molar-refractivity contribution in [2.75, 3.05) is 26.2 Å². The zero-order valence-electron chi connectivity index (χ0n) is 15.2. The van der Waals surface area contributed by atoms with Gasteiger partial charge in [0, 0.05) is 25.2 Å². The van der Waals surface area contributed by atoms with Gasteiger partial charge in [-0.1, -0.05) is 25.4 Å². The first-order valence-corrected chi connectivity index (χ1v) is 8.98. The summed E-state index contributed by atoms with van der Waals surface area (Å²) >= 11 is 5.97. The maximum Gasteiger partial charge on any atom is 0.287 e. The Hall–Kier alpha value is -2.58. The minimum absolute atomic E-state index is 0.0459. The topological polar surface area (TPSA) is 97.9 Å². The maximum absolute atomic E-state index is 12.1. The van der Waals surface area contributed by atoms with Crippen molar-refractivity contribution in [3.05, 3.63) is 57.0 Å². The van der Waals surface area contributed by atoms with Crippen molar-refractivity contribution in [1.29, 1.82) is 0 Å². The molecule has 0 atom stereocenters. The molecule has 0 aliphatic carbocycles. The summed E-state index contributed by atoms with van der Waals surface area (Å²) in [7, 11) is 0. The molecule has 0 aliphatic heterocycles. The van der Waals surface area contributed by atoms with E-state index in [0.717, 1.165) is 19.6 Å². The van der Waals surface area contributed by atoms with Crippen LogP contribution >= 0.6 is 11.6 Å². The minimum Gasteiger partial charge on any atom is -0.484 e. The van der Waals surface area contributed by atoms with Crippen molar-refractivity contribution in [1.82, 2.24) is 10.2 Å². The molecule has 8 nitrogen and oxygen atoms in total. The fourth-order valence-corrected chi connectivity index (χ4v) is 2.63. The molecular formula is C18H22ClN3O5. The van der Waals surface area contributed by atoms with Crippen molar-refractivity contribution in [2.45, 2.75) is 20.5 Å². The van der Waals surface area contributed by atoms with Crippen molar-refractivity contribution in [3.63, 3.8) is 0 Å². The van der Waals surface area contributed by atoms with Gasteiger partial charge in [-0.25, -0.2) is 0 Å². The second-order valence-electron chi connectivity index (χ2n) is 5.71. The van der Waals surface area contributed by atoms with Gasteiger partial charge in [0.15, 0.2) is 5.76 Å². The Labute approximate surface area is 162 Å². The molecule has 1 N–H and O–H groups in total. The number of hydrogen-bond acceptors (Lipinski definition) is 6. The van der Waals surface area contributed by atoms with Crippen LogP contribution in [0.25, 0.3) is 0 Å². The molecule has 1 amide bonds. The molecule has 2 aromatic rings. The van der Waals surface area contributed by atoms with E-state index in [2.05, 4.69) is 24.1 Å². The highest BCUT2D eigenvalue weighted by molar-refractivity contribution is 6.32. The molecule has 0 saturated heterocycles. The van der Waals surface area contributed by atoms with E-state index >= 15 is 0 Å². The Morgan fingerprint density at radius 3 is 2.67 bits per heavy atom.